The van der Waals surface area contributed by atoms with Gasteiger partial charge in [0.1, 0.15) is 11.3 Å². The lowest BCUT2D eigenvalue weighted by Crippen LogP contribution is -2.14. The minimum absolute atomic E-state index is 0.281. The number of rotatable bonds is 5. The van der Waals surface area contributed by atoms with E-state index in [0.717, 1.165) is 5.39 Å². The van der Waals surface area contributed by atoms with Crippen LogP contribution in [-0.4, -0.2) is 23.9 Å². The maximum absolute atomic E-state index is 12.9. The topological polar surface area (TPSA) is 80.3 Å². The van der Waals surface area contributed by atoms with Crippen molar-refractivity contribution in [3.05, 3.63) is 81.6 Å². The molecule has 0 spiro atoms. The summed E-state index contributed by atoms with van der Waals surface area (Å²) in [6.45, 7) is 0. The Kier molecular flexibility index (Phi) is 5.65. The second-order valence-corrected chi connectivity index (χ2v) is 7.65. The second-order valence-electron chi connectivity index (χ2n) is 6.30. The van der Waals surface area contributed by atoms with Crippen molar-refractivity contribution in [1.29, 1.82) is 0 Å². The number of thiophene rings is 1. The maximum Gasteiger partial charge on any atom is 0.265 e. The van der Waals surface area contributed by atoms with Crippen LogP contribution >= 0.6 is 22.9 Å². The molecule has 4 rings (SSSR count). The SMILES string of the molecule is COc1ccc(NC(=O)c2ccc(Cl)c(NC(=O)c3cccs3)c2)c2cccnc12. The summed E-state index contributed by atoms with van der Waals surface area (Å²) in [5, 5.41) is 8.55. The van der Waals surface area contributed by atoms with E-state index in [4.69, 9.17) is 16.3 Å². The van der Waals surface area contributed by atoms with Crippen LogP contribution in [0, 0.1) is 0 Å². The fourth-order valence-electron chi connectivity index (χ4n) is 2.97. The molecular formula is C22H16ClN3O3S. The first kappa shape index (κ1) is 19.9. The molecule has 2 N–H and O–H groups in total. The lowest BCUT2D eigenvalue weighted by atomic mass is 10.1. The molecule has 0 atom stereocenters. The Morgan fingerprint density at radius 1 is 1.00 bits per heavy atom. The average Bonchev–Trinajstić information content (AvgIpc) is 3.30. The zero-order valence-corrected chi connectivity index (χ0v) is 17.4. The number of aromatic nitrogens is 1. The van der Waals surface area contributed by atoms with E-state index < -0.39 is 0 Å². The third-order valence-corrected chi connectivity index (χ3v) is 5.62. The van der Waals surface area contributed by atoms with E-state index in [2.05, 4.69) is 15.6 Å². The quantitative estimate of drug-likeness (QED) is 0.434. The first-order chi connectivity index (χ1) is 14.6. The van der Waals surface area contributed by atoms with Crippen molar-refractivity contribution in [2.75, 3.05) is 17.7 Å². The first-order valence-electron chi connectivity index (χ1n) is 8.94. The van der Waals surface area contributed by atoms with Gasteiger partial charge >= 0.3 is 0 Å². The molecule has 30 heavy (non-hydrogen) atoms. The predicted molar refractivity (Wildman–Crippen MR) is 120 cm³/mol. The Balaban J connectivity index is 1.60. The van der Waals surface area contributed by atoms with Crippen molar-refractivity contribution in [2.45, 2.75) is 0 Å². The van der Waals surface area contributed by atoms with Crippen LogP contribution in [0.2, 0.25) is 5.02 Å². The van der Waals surface area contributed by atoms with Gasteiger partial charge in [0.15, 0.2) is 0 Å². The standard InChI is InChI=1S/C22H16ClN3O3S/c1-29-18-9-8-16(14-4-2-10-24-20(14)18)25-21(27)13-6-7-15(23)17(12-13)26-22(28)19-5-3-11-30-19/h2-12H,1H3,(H,25,27)(H,26,28). The molecule has 0 aliphatic carbocycles. The summed E-state index contributed by atoms with van der Waals surface area (Å²) < 4.78 is 5.34. The first-order valence-corrected chi connectivity index (χ1v) is 10.2. The third kappa shape index (κ3) is 3.98. The van der Waals surface area contributed by atoms with Gasteiger partial charge in [0, 0.05) is 17.1 Å². The van der Waals surface area contributed by atoms with Gasteiger partial charge in [0.2, 0.25) is 0 Å². The van der Waals surface area contributed by atoms with Gasteiger partial charge in [-0.3, -0.25) is 14.6 Å². The highest BCUT2D eigenvalue weighted by Crippen LogP contribution is 2.30. The fraction of sp³-hybridized carbons (Fsp3) is 0.0455. The van der Waals surface area contributed by atoms with Crippen LogP contribution < -0.4 is 15.4 Å². The lowest BCUT2D eigenvalue weighted by molar-refractivity contribution is 0.101. The smallest absolute Gasteiger partial charge is 0.265 e. The number of fused-ring (bicyclic) bond motifs is 1. The summed E-state index contributed by atoms with van der Waals surface area (Å²) >= 11 is 7.53. The van der Waals surface area contributed by atoms with Crippen molar-refractivity contribution in [2.24, 2.45) is 0 Å². The number of anilines is 2. The molecular weight excluding hydrogens is 422 g/mol. The number of benzene rings is 2. The van der Waals surface area contributed by atoms with Crippen LogP contribution in [0.3, 0.4) is 0 Å². The zero-order valence-electron chi connectivity index (χ0n) is 15.8. The zero-order chi connectivity index (χ0) is 21.1. The van der Waals surface area contributed by atoms with Gasteiger partial charge in [0.25, 0.3) is 11.8 Å². The second kappa shape index (κ2) is 8.52. The van der Waals surface area contributed by atoms with Crippen molar-refractivity contribution in [3.8, 4) is 5.75 Å². The van der Waals surface area contributed by atoms with Gasteiger partial charge in [-0.05, 0) is 53.9 Å². The highest BCUT2D eigenvalue weighted by atomic mass is 35.5. The van der Waals surface area contributed by atoms with Crippen LogP contribution in [-0.2, 0) is 0 Å². The third-order valence-electron chi connectivity index (χ3n) is 4.42. The average molecular weight is 438 g/mol. The molecule has 4 aromatic rings. The van der Waals surface area contributed by atoms with Crippen molar-refractivity contribution in [3.63, 3.8) is 0 Å². The summed E-state index contributed by atoms with van der Waals surface area (Å²) in [4.78, 5) is 30.1. The van der Waals surface area contributed by atoms with E-state index in [0.29, 0.717) is 38.1 Å². The molecule has 2 aromatic heterocycles. The van der Waals surface area contributed by atoms with Crippen molar-refractivity contribution < 1.29 is 14.3 Å². The molecule has 0 bridgehead atoms. The summed E-state index contributed by atoms with van der Waals surface area (Å²) in [6, 6.07) is 15.4. The molecule has 0 aliphatic heterocycles. The number of methoxy groups -OCH3 is 1. The molecule has 150 valence electrons. The number of pyridine rings is 1. The number of nitrogens with zero attached hydrogens (tertiary/aromatic N) is 1. The van der Waals surface area contributed by atoms with Crippen LogP contribution in [0.1, 0.15) is 20.0 Å². The summed E-state index contributed by atoms with van der Waals surface area (Å²) in [5.41, 5.74) is 1.97. The minimum Gasteiger partial charge on any atom is -0.494 e. The number of carbonyl (C=O) groups is 2. The molecule has 2 amide bonds. The Bertz CT molecular complexity index is 1240. The normalized spacial score (nSPS) is 10.6. The van der Waals surface area contributed by atoms with Gasteiger partial charge in [-0.1, -0.05) is 17.7 Å². The number of halogens is 1. The van der Waals surface area contributed by atoms with Gasteiger partial charge in [0.05, 0.1) is 28.4 Å². The molecule has 2 aromatic carbocycles. The van der Waals surface area contributed by atoms with E-state index in [1.807, 2.05) is 11.4 Å². The van der Waals surface area contributed by atoms with E-state index in [9.17, 15) is 9.59 Å². The molecule has 6 nitrogen and oxygen atoms in total. The van der Waals surface area contributed by atoms with Gasteiger partial charge < -0.3 is 15.4 Å². The summed E-state index contributed by atoms with van der Waals surface area (Å²) in [5.74, 6) is -0.000965. The Labute approximate surface area is 181 Å². The number of amides is 2. The van der Waals surface area contributed by atoms with Gasteiger partial charge in [-0.15, -0.1) is 11.3 Å². The Hall–Kier alpha value is -3.42. The van der Waals surface area contributed by atoms with E-state index in [1.165, 1.54) is 11.3 Å². The number of hydrogen-bond acceptors (Lipinski definition) is 5. The predicted octanol–water partition coefficient (Wildman–Crippen LogP) is 5.46. The Morgan fingerprint density at radius 2 is 1.83 bits per heavy atom. The van der Waals surface area contributed by atoms with Crippen molar-refractivity contribution >= 4 is 57.0 Å². The lowest BCUT2D eigenvalue weighted by Gasteiger charge is -2.12. The maximum atomic E-state index is 12.9. The molecule has 0 fully saturated rings. The highest BCUT2D eigenvalue weighted by molar-refractivity contribution is 7.12. The van der Waals surface area contributed by atoms with E-state index in [-0.39, 0.29) is 11.8 Å². The fourth-order valence-corrected chi connectivity index (χ4v) is 3.75. The van der Waals surface area contributed by atoms with Gasteiger partial charge in [-0.2, -0.15) is 0 Å². The van der Waals surface area contributed by atoms with Crippen molar-refractivity contribution in [1.82, 2.24) is 4.98 Å². The summed E-state index contributed by atoms with van der Waals surface area (Å²) in [7, 11) is 1.57. The monoisotopic (exact) mass is 437 g/mol. The van der Waals surface area contributed by atoms with Crippen LogP contribution in [0.5, 0.6) is 5.75 Å². The molecule has 8 heteroatoms. The highest BCUT2D eigenvalue weighted by Gasteiger charge is 2.15. The van der Waals surface area contributed by atoms with E-state index >= 15 is 0 Å². The molecule has 2 heterocycles. The molecule has 0 radical (unpaired) electrons. The van der Waals surface area contributed by atoms with Crippen LogP contribution in [0.15, 0.2) is 66.2 Å². The minimum atomic E-state index is -0.339. The number of hydrogen-bond donors (Lipinski definition) is 2. The molecule has 0 saturated carbocycles. The number of nitrogens with one attached hydrogen (secondary N) is 2. The summed E-state index contributed by atoms with van der Waals surface area (Å²) in [6.07, 6.45) is 1.66. The van der Waals surface area contributed by atoms with Gasteiger partial charge in [-0.25, -0.2) is 0 Å². The Morgan fingerprint density at radius 3 is 2.60 bits per heavy atom. The molecule has 0 saturated heterocycles. The molecule has 0 aliphatic rings. The molecule has 0 unspecified atom stereocenters. The number of carbonyl (C=O) groups excluding carboxylic acids is 2. The van der Waals surface area contributed by atoms with Crippen LogP contribution in [0.4, 0.5) is 11.4 Å². The largest absolute Gasteiger partial charge is 0.494 e. The number of ether oxygens (including phenoxy) is 1. The van der Waals surface area contributed by atoms with E-state index in [1.54, 1.807) is 61.8 Å². The van der Waals surface area contributed by atoms with Crippen LogP contribution in [0.25, 0.3) is 10.9 Å².